The number of fused-ring (bicyclic) bond motifs is 2. The van der Waals surface area contributed by atoms with Crippen LogP contribution in [0.1, 0.15) is 18.9 Å². The maximum atomic E-state index is 12.2. The van der Waals surface area contributed by atoms with Crippen molar-refractivity contribution in [2.24, 2.45) is 7.05 Å². The Kier molecular flexibility index (Phi) is 6.70. The number of benzene rings is 2. The average molecular weight is 550 g/mol. The van der Waals surface area contributed by atoms with E-state index in [0.717, 1.165) is 45.8 Å². The van der Waals surface area contributed by atoms with Gasteiger partial charge in [0, 0.05) is 38.4 Å². The predicted molar refractivity (Wildman–Crippen MR) is 159 cm³/mol. The van der Waals surface area contributed by atoms with Gasteiger partial charge in [0.2, 0.25) is 5.91 Å². The molecule has 5 aromatic rings. The van der Waals surface area contributed by atoms with Gasteiger partial charge in [-0.2, -0.15) is 0 Å². The van der Waals surface area contributed by atoms with E-state index in [9.17, 15) is 4.79 Å². The number of carbonyl (C=O) groups excluding carboxylic acids is 1. The number of amides is 1. The van der Waals surface area contributed by atoms with Crippen LogP contribution in [0.2, 0.25) is 0 Å². The second-order valence-corrected chi connectivity index (χ2v) is 10.3. The molecule has 1 aliphatic heterocycles. The smallest absolute Gasteiger partial charge is 0.246 e. The van der Waals surface area contributed by atoms with Gasteiger partial charge >= 0.3 is 0 Å². The van der Waals surface area contributed by atoms with Crippen molar-refractivity contribution in [3.05, 3.63) is 73.1 Å². The number of pyridine rings is 1. The summed E-state index contributed by atoms with van der Waals surface area (Å²) in [5.74, 6) is 2.79. The van der Waals surface area contributed by atoms with Gasteiger partial charge in [-0.25, -0.2) is 19.6 Å². The Morgan fingerprint density at radius 2 is 2.00 bits per heavy atom. The van der Waals surface area contributed by atoms with Crippen LogP contribution >= 0.6 is 0 Å². The minimum atomic E-state index is -0.0435. The number of rotatable bonds is 7. The van der Waals surface area contributed by atoms with Crippen LogP contribution in [0.5, 0.6) is 11.5 Å². The Hall–Kier alpha value is -5.06. The Morgan fingerprint density at radius 3 is 2.80 bits per heavy atom. The summed E-state index contributed by atoms with van der Waals surface area (Å²) in [6.45, 7) is 8.39. The van der Waals surface area contributed by atoms with E-state index in [4.69, 9.17) is 9.72 Å². The van der Waals surface area contributed by atoms with Crippen molar-refractivity contribution < 1.29 is 9.53 Å². The highest BCUT2D eigenvalue weighted by Crippen LogP contribution is 2.32. The van der Waals surface area contributed by atoms with Crippen molar-refractivity contribution in [1.82, 2.24) is 34.8 Å². The third kappa shape index (κ3) is 4.90. The van der Waals surface area contributed by atoms with Gasteiger partial charge in [0.15, 0.2) is 5.82 Å². The van der Waals surface area contributed by atoms with Gasteiger partial charge in [-0.15, -0.1) is 5.10 Å². The highest BCUT2D eigenvalue weighted by molar-refractivity contribution is 5.89. The molecule has 0 unspecified atom stereocenters. The molecule has 11 nitrogen and oxygen atoms in total. The standard InChI is InChI=1S/C30H31N9O2/c1-6-28(40)39-14-13-24(19(39)3)37(4)27-12-9-22-29(34-27)30(32-17-31-22)33-20-7-11-26(18(2)15-20)41-21-8-10-25-23(16-21)35-36-38(25)5/h6-12,15-17,19,24H,1,13-14H2,2-5H3,(H,31,32,33)/t19-,24-/m0/s1. The highest BCUT2D eigenvalue weighted by Gasteiger charge is 2.35. The van der Waals surface area contributed by atoms with E-state index < -0.39 is 0 Å². The monoisotopic (exact) mass is 549 g/mol. The second kappa shape index (κ2) is 10.5. The van der Waals surface area contributed by atoms with Crippen molar-refractivity contribution in [3.63, 3.8) is 0 Å². The number of aryl methyl sites for hydroxylation is 2. The molecule has 3 aromatic heterocycles. The quantitative estimate of drug-likeness (QED) is 0.287. The third-order valence-electron chi connectivity index (χ3n) is 7.75. The molecule has 0 radical (unpaired) electrons. The number of likely N-dealkylation sites (tertiary alicyclic amines) is 1. The maximum Gasteiger partial charge on any atom is 0.246 e. The van der Waals surface area contributed by atoms with Crippen LogP contribution in [0, 0.1) is 6.92 Å². The molecular weight excluding hydrogens is 518 g/mol. The Balaban J connectivity index is 1.22. The summed E-state index contributed by atoms with van der Waals surface area (Å²) in [5.41, 5.74) is 4.92. The Morgan fingerprint density at radius 1 is 1.15 bits per heavy atom. The molecular formula is C30H31N9O2. The summed E-state index contributed by atoms with van der Waals surface area (Å²) >= 11 is 0. The van der Waals surface area contributed by atoms with Gasteiger partial charge in [-0.1, -0.05) is 11.8 Å². The lowest BCUT2D eigenvalue weighted by atomic mass is 10.1. The first-order valence-corrected chi connectivity index (χ1v) is 13.4. The number of ether oxygens (including phenoxy) is 1. The first-order valence-electron chi connectivity index (χ1n) is 13.4. The summed E-state index contributed by atoms with van der Waals surface area (Å²) < 4.78 is 7.88. The largest absolute Gasteiger partial charge is 0.457 e. The highest BCUT2D eigenvalue weighted by atomic mass is 16.5. The van der Waals surface area contributed by atoms with Gasteiger partial charge < -0.3 is 19.9 Å². The van der Waals surface area contributed by atoms with Crippen LogP contribution in [-0.2, 0) is 11.8 Å². The molecule has 41 heavy (non-hydrogen) atoms. The molecule has 1 aliphatic rings. The number of nitrogens with one attached hydrogen (secondary N) is 1. The van der Waals surface area contributed by atoms with Gasteiger partial charge in [0.1, 0.15) is 34.7 Å². The van der Waals surface area contributed by atoms with Crippen LogP contribution in [0.25, 0.3) is 22.1 Å². The average Bonchev–Trinajstić information content (AvgIpc) is 3.55. The summed E-state index contributed by atoms with van der Waals surface area (Å²) in [6, 6.07) is 15.7. The topological polar surface area (TPSA) is 114 Å². The zero-order valence-electron chi connectivity index (χ0n) is 23.4. The van der Waals surface area contributed by atoms with Crippen molar-refractivity contribution in [1.29, 1.82) is 0 Å². The Labute approximate surface area is 237 Å². The molecule has 2 atom stereocenters. The molecule has 0 bridgehead atoms. The van der Waals surface area contributed by atoms with Gasteiger partial charge in [0.05, 0.1) is 17.1 Å². The molecule has 0 spiro atoms. The molecule has 1 fully saturated rings. The molecule has 208 valence electrons. The number of nitrogens with zero attached hydrogens (tertiary/aromatic N) is 8. The number of anilines is 3. The van der Waals surface area contributed by atoms with E-state index >= 15 is 0 Å². The molecule has 0 saturated carbocycles. The zero-order chi connectivity index (χ0) is 28.7. The number of carbonyl (C=O) groups is 1. The van der Waals surface area contributed by atoms with Crippen LogP contribution in [-0.4, -0.2) is 66.4 Å². The minimum absolute atomic E-state index is 0.0406. The fourth-order valence-corrected chi connectivity index (χ4v) is 5.45. The van der Waals surface area contributed by atoms with Gasteiger partial charge in [-0.3, -0.25) is 4.79 Å². The lowest BCUT2D eigenvalue weighted by Gasteiger charge is -2.31. The Bertz CT molecular complexity index is 1780. The number of hydrogen-bond acceptors (Lipinski definition) is 9. The number of likely N-dealkylation sites (N-methyl/N-ethyl adjacent to an activating group) is 1. The third-order valence-corrected chi connectivity index (χ3v) is 7.75. The fourth-order valence-electron chi connectivity index (χ4n) is 5.45. The summed E-state index contributed by atoms with van der Waals surface area (Å²) in [5, 5.41) is 11.6. The summed E-state index contributed by atoms with van der Waals surface area (Å²) in [7, 11) is 3.87. The molecule has 4 heterocycles. The number of aromatic nitrogens is 6. The fraction of sp³-hybridized carbons (Fsp3) is 0.267. The van der Waals surface area contributed by atoms with Crippen molar-refractivity contribution in [3.8, 4) is 11.5 Å². The zero-order valence-corrected chi connectivity index (χ0v) is 23.4. The van der Waals surface area contributed by atoms with Crippen molar-refractivity contribution >= 4 is 45.3 Å². The molecule has 6 rings (SSSR count). The normalized spacial score (nSPS) is 16.7. The summed E-state index contributed by atoms with van der Waals surface area (Å²) in [4.78, 5) is 30.1. The van der Waals surface area contributed by atoms with Crippen molar-refractivity contribution in [2.45, 2.75) is 32.4 Å². The minimum Gasteiger partial charge on any atom is -0.457 e. The predicted octanol–water partition coefficient (Wildman–Crippen LogP) is 4.76. The molecule has 0 aliphatic carbocycles. The van der Waals surface area contributed by atoms with Gasteiger partial charge in [0.25, 0.3) is 0 Å². The summed E-state index contributed by atoms with van der Waals surface area (Å²) in [6.07, 6.45) is 3.76. The lowest BCUT2D eigenvalue weighted by Crippen LogP contribution is -2.43. The lowest BCUT2D eigenvalue weighted by molar-refractivity contribution is -0.126. The first-order chi connectivity index (χ1) is 19.8. The van der Waals surface area contributed by atoms with Crippen LogP contribution in [0.4, 0.5) is 17.3 Å². The van der Waals surface area contributed by atoms with E-state index in [0.29, 0.717) is 23.6 Å². The second-order valence-electron chi connectivity index (χ2n) is 10.3. The van der Waals surface area contributed by atoms with Crippen molar-refractivity contribution in [2.75, 3.05) is 23.8 Å². The molecule has 1 amide bonds. The SMILES string of the molecule is C=CC(=O)N1CC[C@H](N(C)c2ccc3ncnc(Nc4ccc(Oc5ccc6c(c5)nnn6C)c(C)c4)c3n2)[C@@H]1C. The van der Waals surface area contributed by atoms with E-state index in [2.05, 4.69) is 44.0 Å². The van der Waals surface area contributed by atoms with E-state index in [1.165, 1.54) is 12.4 Å². The molecule has 1 N–H and O–H groups in total. The van der Waals surface area contributed by atoms with E-state index in [-0.39, 0.29) is 18.0 Å². The van der Waals surface area contributed by atoms with Crippen LogP contribution in [0.15, 0.2) is 67.5 Å². The first kappa shape index (κ1) is 26.2. The van der Waals surface area contributed by atoms with Crippen LogP contribution < -0.4 is 15.0 Å². The van der Waals surface area contributed by atoms with Gasteiger partial charge in [-0.05, 0) is 74.4 Å². The maximum absolute atomic E-state index is 12.2. The number of hydrogen-bond donors (Lipinski definition) is 1. The van der Waals surface area contributed by atoms with Crippen LogP contribution in [0.3, 0.4) is 0 Å². The van der Waals surface area contributed by atoms with E-state index in [1.807, 2.05) is 74.4 Å². The molecule has 1 saturated heterocycles. The molecule has 11 heteroatoms. The molecule has 2 aromatic carbocycles. The van der Waals surface area contributed by atoms with E-state index in [1.54, 1.807) is 4.68 Å².